The number of amides is 1. The van der Waals surface area contributed by atoms with Crippen molar-refractivity contribution in [3.63, 3.8) is 0 Å². The molecule has 0 heterocycles. The van der Waals surface area contributed by atoms with E-state index in [9.17, 15) is 9.59 Å². The van der Waals surface area contributed by atoms with Crippen LogP contribution in [0.15, 0.2) is 0 Å². The zero-order valence-corrected chi connectivity index (χ0v) is 7.69. The van der Waals surface area contributed by atoms with Gasteiger partial charge in [-0.15, -0.1) is 0 Å². The maximum absolute atomic E-state index is 10.7. The number of carbonyl (C=O) groups is 2. The highest BCUT2D eigenvalue weighted by molar-refractivity contribution is 7.81. The van der Waals surface area contributed by atoms with Crippen molar-refractivity contribution in [2.45, 2.75) is 12.2 Å². The lowest BCUT2D eigenvalue weighted by Gasteiger charge is -2.04. The summed E-state index contributed by atoms with van der Waals surface area (Å²) in [5, 5.41) is 1.87. The van der Waals surface area contributed by atoms with Crippen molar-refractivity contribution in [2.24, 2.45) is 0 Å². The van der Waals surface area contributed by atoms with Gasteiger partial charge in [0, 0.05) is 12.9 Å². The lowest BCUT2D eigenvalue weighted by molar-refractivity contribution is -0.134. The minimum absolute atomic E-state index is 0.173. The Bertz CT molecular complexity index is 160. The van der Waals surface area contributed by atoms with Gasteiger partial charge in [-0.25, -0.2) is 4.79 Å². The fraction of sp³-hybridized carbons (Fsp3) is 0.600. The summed E-state index contributed by atoms with van der Waals surface area (Å²) < 4.78 is 4.00. The zero-order chi connectivity index (χ0) is 8.85. The number of nitrogens with one attached hydrogen (secondary N) is 1. The van der Waals surface area contributed by atoms with Crippen LogP contribution in [0.25, 0.3) is 0 Å². The third-order valence-electron chi connectivity index (χ3n) is 0.888. The first-order chi connectivity index (χ1) is 5.07. The summed E-state index contributed by atoms with van der Waals surface area (Å²) in [5.74, 6) is -0.914. The van der Waals surface area contributed by atoms with E-state index in [2.05, 4.69) is 35.0 Å². The van der Waals surface area contributed by atoms with Crippen LogP contribution in [-0.4, -0.2) is 23.7 Å². The van der Waals surface area contributed by atoms with Crippen molar-refractivity contribution in [1.82, 2.24) is 5.32 Å². The summed E-state index contributed by atoms with van der Waals surface area (Å²) in [6.45, 7) is 1.43. The van der Waals surface area contributed by atoms with E-state index >= 15 is 0 Å². The molecule has 0 radical (unpaired) electrons. The normalized spacial score (nSPS) is 11.9. The quantitative estimate of drug-likeness (QED) is 0.432. The molecule has 1 atom stereocenters. The lowest BCUT2D eigenvalue weighted by Crippen LogP contribution is -2.34. The maximum atomic E-state index is 10.7. The summed E-state index contributed by atoms with van der Waals surface area (Å²) in [7, 11) is 0. The van der Waals surface area contributed by atoms with Crippen molar-refractivity contribution in [1.29, 1.82) is 0 Å². The molecule has 1 unspecified atom stereocenters. The minimum Gasteiger partial charge on any atom is -0.393 e. The van der Waals surface area contributed by atoms with Crippen LogP contribution in [0.5, 0.6) is 0 Å². The van der Waals surface area contributed by atoms with Gasteiger partial charge in [0.25, 0.3) is 0 Å². The molecule has 0 saturated heterocycles. The van der Waals surface area contributed by atoms with Gasteiger partial charge in [0.05, 0.1) is 5.25 Å². The molecule has 0 aliphatic rings. The molecule has 0 aromatic rings. The molecule has 0 spiro atoms. The van der Waals surface area contributed by atoms with E-state index in [4.69, 9.17) is 0 Å². The molecule has 11 heavy (non-hydrogen) atoms. The van der Waals surface area contributed by atoms with E-state index in [-0.39, 0.29) is 12.5 Å². The Morgan fingerprint density at radius 2 is 2.18 bits per heavy atom. The van der Waals surface area contributed by atoms with Crippen LogP contribution < -0.4 is 5.32 Å². The number of thiol groups is 2. The lowest BCUT2D eigenvalue weighted by atomic mass is 10.4. The van der Waals surface area contributed by atoms with Crippen molar-refractivity contribution in [3.8, 4) is 0 Å². The van der Waals surface area contributed by atoms with Crippen LogP contribution in [0.4, 0.5) is 0 Å². The van der Waals surface area contributed by atoms with E-state index in [1.807, 2.05) is 0 Å². The topological polar surface area (TPSA) is 55.4 Å². The highest BCUT2D eigenvalue weighted by atomic mass is 32.1. The molecule has 0 aromatic carbocycles. The molecule has 0 rings (SSSR count). The average molecular weight is 195 g/mol. The molecule has 4 nitrogen and oxygen atoms in total. The summed E-state index contributed by atoms with van der Waals surface area (Å²) in [6, 6.07) is 0. The molecule has 1 amide bonds. The van der Waals surface area contributed by atoms with E-state index in [1.54, 1.807) is 6.92 Å². The first-order valence-electron chi connectivity index (χ1n) is 2.88. The molecule has 0 fully saturated rings. The highest BCUT2D eigenvalue weighted by Crippen LogP contribution is 1.90. The minimum atomic E-state index is -0.601. The second-order valence-electron chi connectivity index (χ2n) is 1.86. The molecule has 0 bridgehead atoms. The van der Waals surface area contributed by atoms with E-state index < -0.39 is 11.2 Å². The average Bonchev–Trinajstić information content (AvgIpc) is 1.99. The van der Waals surface area contributed by atoms with Crippen molar-refractivity contribution < 1.29 is 13.8 Å². The van der Waals surface area contributed by atoms with Crippen LogP contribution in [0.1, 0.15) is 6.92 Å². The summed E-state index contributed by atoms with van der Waals surface area (Å²) in [4.78, 5) is 21.1. The summed E-state index contributed by atoms with van der Waals surface area (Å²) >= 11 is 7.09. The standard InChI is InChI=1S/C5H9NO3S2/c1-3(10)5(8)6-2-4(7)9-11/h3,10-11H,2H2,1H3,(H,6,8). The molecule has 1 N–H and O–H groups in total. The number of hydrogen-bond acceptors (Lipinski definition) is 5. The smallest absolute Gasteiger partial charge is 0.337 e. The van der Waals surface area contributed by atoms with Gasteiger partial charge in [-0.2, -0.15) is 12.6 Å². The van der Waals surface area contributed by atoms with Crippen LogP contribution in [-0.2, 0) is 13.8 Å². The van der Waals surface area contributed by atoms with Gasteiger partial charge >= 0.3 is 5.97 Å². The molecule has 64 valence electrons. The van der Waals surface area contributed by atoms with E-state index in [1.165, 1.54) is 0 Å². The second kappa shape index (κ2) is 5.31. The van der Waals surface area contributed by atoms with Gasteiger partial charge in [-0.3, -0.25) is 4.79 Å². The molecular weight excluding hydrogens is 186 g/mol. The molecule has 0 aromatic heterocycles. The van der Waals surface area contributed by atoms with Crippen molar-refractivity contribution in [2.75, 3.05) is 6.54 Å². The third kappa shape index (κ3) is 4.97. The summed E-state index contributed by atoms with van der Waals surface area (Å²) in [6.07, 6.45) is 0. The zero-order valence-electron chi connectivity index (χ0n) is 5.90. The molecule has 6 heteroatoms. The SMILES string of the molecule is CC(S)C(=O)NCC(=O)OS. The Morgan fingerprint density at radius 3 is 2.55 bits per heavy atom. The van der Waals surface area contributed by atoms with Crippen molar-refractivity contribution >= 4 is 37.4 Å². The summed E-state index contributed by atoms with van der Waals surface area (Å²) in [5.41, 5.74) is 0. The van der Waals surface area contributed by atoms with E-state index in [0.29, 0.717) is 0 Å². The molecule has 0 aliphatic heterocycles. The van der Waals surface area contributed by atoms with Crippen LogP contribution in [0.3, 0.4) is 0 Å². The Morgan fingerprint density at radius 1 is 1.64 bits per heavy atom. The van der Waals surface area contributed by atoms with Crippen LogP contribution >= 0.6 is 25.5 Å². The third-order valence-corrected chi connectivity index (χ3v) is 1.33. The maximum Gasteiger partial charge on any atom is 0.337 e. The fourth-order valence-corrected chi connectivity index (χ4v) is 0.495. The van der Waals surface area contributed by atoms with Crippen molar-refractivity contribution in [3.05, 3.63) is 0 Å². The first kappa shape index (κ1) is 10.6. The van der Waals surface area contributed by atoms with Gasteiger partial charge in [0.2, 0.25) is 5.91 Å². The van der Waals surface area contributed by atoms with Gasteiger partial charge in [-0.05, 0) is 6.92 Å². The Kier molecular flexibility index (Phi) is 5.14. The molecular formula is C5H9NO3S2. The van der Waals surface area contributed by atoms with Gasteiger partial charge < -0.3 is 9.50 Å². The Balaban J connectivity index is 3.54. The van der Waals surface area contributed by atoms with Gasteiger partial charge in [0.1, 0.15) is 6.54 Å². The van der Waals surface area contributed by atoms with Crippen LogP contribution in [0.2, 0.25) is 0 Å². The number of rotatable bonds is 3. The largest absolute Gasteiger partial charge is 0.393 e. The van der Waals surface area contributed by atoms with E-state index in [0.717, 1.165) is 0 Å². The predicted molar refractivity (Wildman–Crippen MR) is 46.5 cm³/mol. The van der Waals surface area contributed by atoms with Gasteiger partial charge in [0.15, 0.2) is 0 Å². The fourth-order valence-electron chi connectivity index (χ4n) is 0.339. The number of carbonyl (C=O) groups excluding carboxylic acids is 2. The Hall–Kier alpha value is -0.360. The first-order valence-corrected chi connectivity index (χ1v) is 3.76. The predicted octanol–water partition coefficient (Wildman–Crippen LogP) is -0.191. The molecule has 0 saturated carbocycles. The Labute approximate surface area is 75.7 Å². The van der Waals surface area contributed by atoms with Crippen LogP contribution in [0, 0.1) is 0 Å². The number of hydrogen-bond donors (Lipinski definition) is 3. The highest BCUT2D eigenvalue weighted by Gasteiger charge is 2.08. The second-order valence-corrected chi connectivity index (χ2v) is 2.81. The molecule has 0 aliphatic carbocycles. The monoisotopic (exact) mass is 195 g/mol. The van der Waals surface area contributed by atoms with Gasteiger partial charge in [-0.1, -0.05) is 0 Å².